The van der Waals surface area contributed by atoms with E-state index in [-0.39, 0.29) is 16.3 Å². The first-order chi connectivity index (χ1) is 20.9. The van der Waals surface area contributed by atoms with E-state index >= 15 is 0 Å². The predicted molar refractivity (Wildman–Crippen MR) is 155 cm³/mol. The second-order valence-electron chi connectivity index (χ2n) is 9.65. The maximum absolute atomic E-state index is 12.3. The fraction of sp³-hybridized carbons (Fsp3) is 0.345. The molecule has 1 saturated heterocycles. The molecule has 4 rings (SSSR count). The number of phenolic OH excluding ortho intramolecular Hbond substituents is 1. The first-order valence-corrected chi connectivity index (χ1v) is 13.8. The second-order valence-corrected chi connectivity index (χ2v) is 10.0. The molecule has 2 heterocycles. The van der Waals surface area contributed by atoms with Crippen molar-refractivity contribution in [1.82, 2.24) is 14.5 Å². The molecule has 3 aromatic rings. The Morgan fingerprint density at radius 3 is 2.07 bits per heavy atom. The summed E-state index contributed by atoms with van der Waals surface area (Å²) in [4.78, 5) is 48.3. The quantitative estimate of drug-likeness (QED) is 0.160. The van der Waals surface area contributed by atoms with E-state index in [9.17, 15) is 24.3 Å². The minimum Gasteiger partial charge on any atom is -0.508 e. The molecule has 0 unspecified atom stereocenters. The number of rotatable bonds is 9. The molecule has 1 fully saturated rings. The molecule has 14 nitrogen and oxygen atoms in total. The van der Waals surface area contributed by atoms with E-state index in [0.29, 0.717) is 11.1 Å². The molecule has 5 atom stereocenters. The standard InChI is InChI=1S/C29H30N4O10S/c1-16(34)39-15-23-24(40-17(2)35)25(41-18(3)36)26(42-19(4)37)28(43-23)33-29(44)32(27(31-33)21-8-6-5-7-9-21)30-14-20-10-12-22(38)13-11-20/h5-14,23-26,28,38H,15H2,1-4H3/b30-14+/t23-,24-,25+,26-,28-/m0/s1. The van der Waals surface area contributed by atoms with Crippen molar-refractivity contribution < 1.29 is 48.0 Å². The van der Waals surface area contributed by atoms with E-state index in [4.69, 9.17) is 35.9 Å². The monoisotopic (exact) mass is 626 g/mol. The Bertz CT molecular complexity index is 1600. The van der Waals surface area contributed by atoms with Crippen molar-refractivity contribution in [2.45, 2.75) is 58.3 Å². The number of phenols is 1. The van der Waals surface area contributed by atoms with Gasteiger partial charge in [-0.25, -0.2) is 4.68 Å². The number of nitrogens with zero attached hydrogens (tertiary/aromatic N) is 4. The van der Waals surface area contributed by atoms with Crippen LogP contribution in [0, 0.1) is 4.77 Å². The Kier molecular flexibility index (Phi) is 10.2. The molecule has 0 bridgehead atoms. The fourth-order valence-corrected chi connectivity index (χ4v) is 4.78. The summed E-state index contributed by atoms with van der Waals surface area (Å²) in [6.07, 6.45) is -5.23. The third kappa shape index (κ3) is 7.73. The summed E-state index contributed by atoms with van der Waals surface area (Å²) < 4.78 is 30.5. The van der Waals surface area contributed by atoms with Crippen molar-refractivity contribution in [3.63, 3.8) is 0 Å². The van der Waals surface area contributed by atoms with Crippen LogP contribution in [-0.4, -0.2) is 80.7 Å². The molecule has 15 heteroatoms. The van der Waals surface area contributed by atoms with Crippen molar-refractivity contribution in [2.75, 3.05) is 6.61 Å². The third-order valence-electron chi connectivity index (χ3n) is 6.23. The van der Waals surface area contributed by atoms with Crippen LogP contribution in [0.3, 0.4) is 0 Å². The van der Waals surface area contributed by atoms with Crippen molar-refractivity contribution >= 4 is 42.3 Å². The van der Waals surface area contributed by atoms with Gasteiger partial charge in [0.25, 0.3) is 0 Å². The number of esters is 4. The lowest BCUT2D eigenvalue weighted by Gasteiger charge is -2.44. The number of hydrogen-bond donors (Lipinski definition) is 1. The van der Waals surface area contributed by atoms with Crippen LogP contribution in [0.25, 0.3) is 11.4 Å². The van der Waals surface area contributed by atoms with Gasteiger partial charge in [0.2, 0.25) is 4.77 Å². The first-order valence-electron chi connectivity index (χ1n) is 13.4. The van der Waals surface area contributed by atoms with Crippen LogP contribution in [0.4, 0.5) is 0 Å². The summed E-state index contributed by atoms with van der Waals surface area (Å²) in [5.74, 6) is -2.57. The third-order valence-corrected chi connectivity index (χ3v) is 6.59. The fourth-order valence-electron chi connectivity index (χ4n) is 4.50. The summed E-state index contributed by atoms with van der Waals surface area (Å²) >= 11 is 5.78. The Morgan fingerprint density at radius 1 is 0.886 bits per heavy atom. The zero-order chi connectivity index (χ0) is 32.0. The Hall–Kier alpha value is -4.89. The van der Waals surface area contributed by atoms with Gasteiger partial charge in [-0.2, -0.15) is 9.78 Å². The average Bonchev–Trinajstić information content (AvgIpc) is 3.29. The van der Waals surface area contributed by atoms with Gasteiger partial charge in [-0.05, 0) is 42.0 Å². The zero-order valence-electron chi connectivity index (χ0n) is 24.2. The van der Waals surface area contributed by atoms with Gasteiger partial charge in [0.05, 0.1) is 6.21 Å². The lowest BCUT2D eigenvalue weighted by atomic mass is 9.97. The highest BCUT2D eigenvalue weighted by Gasteiger charge is 2.53. The summed E-state index contributed by atoms with van der Waals surface area (Å²) in [6, 6.07) is 15.3. The smallest absolute Gasteiger partial charge is 0.303 e. The average molecular weight is 627 g/mol. The highest BCUT2D eigenvalue weighted by molar-refractivity contribution is 7.71. The maximum Gasteiger partial charge on any atom is 0.303 e. The lowest BCUT2D eigenvalue weighted by Crippen LogP contribution is -2.60. The molecule has 1 aliphatic heterocycles. The Morgan fingerprint density at radius 2 is 1.48 bits per heavy atom. The number of ether oxygens (including phenoxy) is 5. The van der Waals surface area contributed by atoms with E-state index in [1.807, 2.05) is 6.07 Å². The van der Waals surface area contributed by atoms with Crippen LogP contribution >= 0.6 is 12.2 Å². The lowest BCUT2D eigenvalue weighted by molar-refractivity contribution is -0.270. The van der Waals surface area contributed by atoms with Gasteiger partial charge >= 0.3 is 23.9 Å². The first kappa shape index (κ1) is 32.0. The van der Waals surface area contributed by atoms with Gasteiger partial charge in [-0.1, -0.05) is 30.3 Å². The molecule has 44 heavy (non-hydrogen) atoms. The molecule has 0 amide bonds. The van der Waals surface area contributed by atoms with Crippen LogP contribution < -0.4 is 0 Å². The van der Waals surface area contributed by atoms with Gasteiger partial charge in [0.1, 0.15) is 18.5 Å². The van der Waals surface area contributed by atoms with Crippen LogP contribution in [0.15, 0.2) is 59.7 Å². The van der Waals surface area contributed by atoms with E-state index in [1.54, 1.807) is 36.4 Å². The predicted octanol–water partition coefficient (Wildman–Crippen LogP) is 2.92. The summed E-state index contributed by atoms with van der Waals surface area (Å²) in [7, 11) is 0. The highest BCUT2D eigenvalue weighted by atomic mass is 32.1. The molecular weight excluding hydrogens is 596 g/mol. The van der Waals surface area contributed by atoms with E-state index in [2.05, 4.69) is 10.2 Å². The zero-order valence-corrected chi connectivity index (χ0v) is 25.0. The molecule has 0 spiro atoms. The van der Waals surface area contributed by atoms with Crippen molar-refractivity contribution in [3.05, 3.63) is 64.9 Å². The molecule has 1 aliphatic rings. The van der Waals surface area contributed by atoms with Gasteiger partial charge in [0, 0.05) is 33.3 Å². The van der Waals surface area contributed by atoms with Crippen LogP contribution in [-0.2, 0) is 42.9 Å². The van der Waals surface area contributed by atoms with E-state index < -0.39 is 61.1 Å². The maximum atomic E-state index is 12.3. The molecule has 0 saturated carbocycles. The van der Waals surface area contributed by atoms with Crippen LogP contribution in [0.5, 0.6) is 5.75 Å². The van der Waals surface area contributed by atoms with Gasteiger partial charge in [-0.15, -0.1) is 5.10 Å². The number of benzene rings is 2. The summed E-state index contributed by atoms with van der Waals surface area (Å²) in [5.41, 5.74) is 1.26. The molecule has 0 radical (unpaired) electrons. The van der Waals surface area contributed by atoms with Gasteiger partial charge < -0.3 is 28.8 Å². The SMILES string of the molecule is CC(=O)OC[C@@H]1O[C@H](n2nc(-c3ccccc3)n(/N=C/c3ccc(O)cc3)c2=S)[C@@H](OC(C)=O)[C@H](OC(C)=O)[C@H]1OC(C)=O. The minimum atomic E-state index is -1.42. The van der Waals surface area contributed by atoms with E-state index in [1.165, 1.54) is 34.6 Å². The van der Waals surface area contributed by atoms with E-state index in [0.717, 1.165) is 20.8 Å². The molecule has 2 aromatic carbocycles. The molecular formula is C29H30N4O10S. The van der Waals surface area contributed by atoms with Crippen LogP contribution in [0.2, 0.25) is 0 Å². The van der Waals surface area contributed by atoms with Crippen molar-refractivity contribution in [3.8, 4) is 17.1 Å². The molecule has 0 aliphatic carbocycles. The molecule has 232 valence electrons. The summed E-state index contributed by atoms with van der Waals surface area (Å²) in [5, 5.41) is 18.8. The number of aromatic hydroxyl groups is 1. The highest BCUT2D eigenvalue weighted by Crippen LogP contribution is 2.35. The number of carbonyl (C=O) groups excluding carboxylic acids is 4. The number of hydrogen-bond acceptors (Lipinski definition) is 13. The minimum absolute atomic E-state index is 0.0141. The number of carbonyl (C=O) groups is 4. The van der Waals surface area contributed by atoms with Crippen molar-refractivity contribution in [1.29, 1.82) is 0 Å². The second kappa shape index (κ2) is 14.1. The topological polar surface area (TPSA) is 170 Å². The molecule has 1 aromatic heterocycles. The summed E-state index contributed by atoms with van der Waals surface area (Å²) in [6.45, 7) is 4.18. The van der Waals surface area contributed by atoms with Crippen molar-refractivity contribution in [2.24, 2.45) is 5.10 Å². The normalized spacial score (nSPS) is 21.4. The Labute approximate surface area is 256 Å². The largest absolute Gasteiger partial charge is 0.508 e. The number of aromatic nitrogens is 3. The Balaban J connectivity index is 1.89. The van der Waals surface area contributed by atoms with Crippen LogP contribution in [0.1, 0.15) is 39.5 Å². The van der Waals surface area contributed by atoms with Gasteiger partial charge in [-0.3, -0.25) is 19.2 Å². The van der Waals surface area contributed by atoms with Gasteiger partial charge in [0.15, 0.2) is 30.4 Å². The molecule has 1 N–H and O–H groups in total.